The van der Waals surface area contributed by atoms with Gasteiger partial charge in [-0.2, -0.15) is 5.26 Å². The summed E-state index contributed by atoms with van der Waals surface area (Å²) in [6.45, 7) is 10.3. The Labute approximate surface area is 179 Å². The minimum Gasteiger partial charge on any atom is -0.339 e. The Morgan fingerprint density at radius 2 is 1.63 bits per heavy atom. The second-order valence-electron chi connectivity index (χ2n) is 8.66. The first-order valence-electron chi connectivity index (χ1n) is 10.7. The fourth-order valence-corrected chi connectivity index (χ4v) is 3.30. The molecule has 2 aromatic heterocycles. The summed E-state index contributed by atoms with van der Waals surface area (Å²) < 4.78 is 1.91. The largest absolute Gasteiger partial charge is 0.339 e. The molecule has 5 nitrogen and oxygen atoms in total. The number of imidazole rings is 1. The van der Waals surface area contributed by atoms with E-state index in [1.165, 1.54) is 0 Å². The molecular formula is C25H30N4O. The minimum absolute atomic E-state index is 0.0758. The number of fused-ring (bicyclic) bond motifs is 1. The van der Waals surface area contributed by atoms with Crippen molar-refractivity contribution in [1.82, 2.24) is 14.3 Å². The number of benzene rings is 1. The summed E-state index contributed by atoms with van der Waals surface area (Å²) in [5.74, 6) is 1.20. The van der Waals surface area contributed by atoms with Crippen LogP contribution in [0.3, 0.4) is 0 Å². The Morgan fingerprint density at radius 1 is 1.00 bits per heavy atom. The van der Waals surface area contributed by atoms with Gasteiger partial charge in [0.25, 0.3) is 5.91 Å². The van der Waals surface area contributed by atoms with Gasteiger partial charge in [-0.05, 0) is 48.9 Å². The lowest BCUT2D eigenvalue weighted by Crippen LogP contribution is -2.34. The van der Waals surface area contributed by atoms with Crippen LogP contribution in [0.25, 0.3) is 16.9 Å². The van der Waals surface area contributed by atoms with E-state index in [-0.39, 0.29) is 5.91 Å². The van der Waals surface area contributed by atoms with Gasteiger partial charge in [-0.15, -0.1) is 0 Å². The first-order valence-corrected chi connectivity index (χ1v) is 10.7. The third-order valence-corrected chi connectivity index (χ3v) is 5.25. The molecule has 2 heterocycles. The lowest BCUT2D eigenvalue weighted by Gasteiger charge is -2.24. The fraction of sp³-hybridized carbons (Fsp3) is 0.400. The quantitative estimate of drug-likeness (QED) is 0.506. The summed E-state index contributed by atoms with van der Waals surface area (Å²) in [4.78, 5) is 19.9. The van der Waals surface area contributed by atoms with E-state index < -0.39 is 0 Å². The van der Waals surface area contributed by atoms with Gasteiger partial charge >= 0.3 is 0 Å². The van der Waals surface area contributed by atoms with Crippen molar-refractivity contribution in [2.75, 3.05) is 13.1 Å². The first kappa shape index (κ1) is 21.6. The van der Waals surface area contributed by atoms with E-state index >= 15 is 0 Å². The van der Waals surface area contributed by atoms with E-state index in [1.54, 1.807) is 12.1 Å². The third-order valence-electron chi connectivity index (χ3n) is 5.25. The lowest BCUT2D eigenvalue weighted by atomic mass is 10.1. The van der Waals surface area contributed by atoms with Crippen LogP contribution in [0.1, 0.15) is 56.5 Å². The van der Waals surface area contributed by atoms with Crippen LogP contribution < -0.4 is 0 Å². The number of nitrogens with zero attached hydrogens (tertiary/aromatic N) is 4. The molecule has 0 unspecified atom stereocenters. The molecule has 3 rings (SSSR count). The van der Waals surface area contributed by atoms with Crippen molar-refractivity contribution >= 4 is 11.6 Å². The normalized spacial score (nSPS) is 11.2. The smallest absolute Gasteiger partial charge is 0.255 e. The van der Waals surface area contributed by atoms with E-state index in [9.17, 15) is 4.79 Å². The molecule has 156 valence electrons. The summed E-state index contributed by atoms with van der Waals surface area (Å²) in [5.41, 5.74) is 3.86. The second-order valence-corrected chi connectivity index (χ2v) is 8.66. The Bertz CT molecular complexity index is 1030. The van der Waals surface area contributed by atoms with Crippen molar-refractivity contribution in [2.24, 2.45) is 11.8 Å². The molecular weight excluding hydrogens is 372 g/mol. The van der Waals surface area contributed by atoms with E-state index in [0.29, 0.717) is 23.0 Å². The number of hydrogen-bond donors (Lipinski definition) is 0. The summed E-state index contributed by atoms with van der Waals surface area (Å²) in [5, 5.41) is 8.97. The number of carbonyl (C=O) groups is 1. The Kier molecular flexibility index (Phi) is 6.89. The van der Waals surface area contributed by atoms with Crippen molar-refractivity contribution in [1.29, 1.82) is 5.26 Å². The number of aromatic nitrogens is 2. The standard InChI is InChI=1S/C25H30N4O/c1-18(2)11-13-28(14-12-19(3)4)25(30)22-9-10-24-27-23(17-29(24)16-22)21-7-5-20(15-26)6-8-21/h5-10,16-19H,11-14H2,1-4H3. The molecule has 0 bridgehead atoms. The van der Waals surface area contributed by atoms with Crippen LogP contribution in [0.5, 0.6) is 0 Å². The maximum absolute atomic E-state index is 13.2. The maximum atomic E-state index is 13.2. The highest BCUT2D eigenvalue weighted by molar-refractivity contribution is 5.94. The predicted molar refractivity (Wildman–Crippen MR) is 120 cm³/mol. The maximum Gasteiger partial charge on any atom is 0.255 e. The van der Waals surface area contributed by atoms with E-state index in [0.717, 1.165) is 42.8 Å². The SMILES string of the molecule is CC(C)CCN(CCC(C)C)C(=O)c1ccc2nc(-c3ccc(C#N)cc3)cn2c1. The summed E-state index contributed by atoms with van der Waals surface area (Å²) in [6, 6.07) is 13.3. The predicted octanol–water partition coefficient (Wildman–Crippen LogP) is 5.41. The lowest BCUT2D eigenvalue weighted by molar-refractivity contribution is 0.0740. The van der Waals surface area contributed by atoms with Crippen molar-refractivity contribution in [3.63, 3.8) is 0 Å². The van der Waals surface area contributed by atoms with Gasteiger partial charge in [-0.1, -0.05) is 39.8 Å². The average molecular weight is 403 g/mol. The van der Waals surface area contributed by atoms with Gasteiger partial charge < -0.3 is 9.30 Å². The molecule has 5 heteroatoms. The average Bonchev–Trinajstić information content (AvgIpc) is 3.16. The fourth-order valence-electron chi connectivity index (χ4n) is 3.30. The molecule has 0 aliphatic carbocycles. The van der Waals surface area contributed by atoms with Crippen molar-refractivity contribution in [3.05, 3.63) is 59.9 Å². The van der Waals surface area contributed by atoms with Gasteiger partial charge in [0.15, 0.2) is 0 Å². The topological polar surface area (TPSA) is 61.4 Å². The molecule has 0 saturated heterocycles. The highest BCUT2D eigenvalue weighted by Gasteiger charge is 2.17. The van der Waals surface area contributed by atoms with Crippen LogP contribution in [-0.2, 0) is 0 Å². The number of rotatable bonds is 8. The Hall–Kier alpha value is -3.13. The summed E-state index contributed by atoms with van der Waals surface area (Å²) in [6.07, 6.45) is 5.80. The van der Waals surface area contributed by atoms with Gasteiger partial charge in [0.1, 0.15) is 5.65 Å². The van der Waals surface area contributed by atoms with Crippen LogP contribution in [0, 0.1) is 23.2 Å². The van der Waals surface area contributed by atoms with Crippen molar-refractivity contribution in [2.45, 2.75) is 40.5 Å². The van der Waals surface area contributed by atoms with Gasteiger partial charge in [0, 0.05) is 31.0 Å². The van der Waals surface area contributed by atoms with Crippen LogP contribution in [0.2, 0.25) is 0 Å². The molecule has 0 radical (unpaired) electrons. The minimum atomic E-state index is 0.0758. The van der Waals surface area contributed by atoms with Gasteiger partial charge in [-0.3, -0.25) is 4.79 Å². The number of amides is 1. The van der Waals surface area contributed by atoms with Gasteiger partial charge in [0.2, 0.25) is 0 Å². The zero-order valence-electron chi connectivity index (χ0n) is 18.3. The zero-order chi connectivity index (χ0) is 21.7. The molecule has 0 N–H and O–H groups in total. The van der Waals surface area contributed by atoms with E-state index in [2.05, 4.69) is 38.7 Å². The summed E-state index contributed by atoms with van der Waals surface area (Å²) >= 11 is 0. The third kappa shape index (κ3) is 5.27. The number of pyridine rings is 1. The molecule has 3 aromatic rings. The Balaban J connectivity index is 1.84. The second kappa shape index (κ2) is 9.58. The van der Waals surface area contributed by atoms with E-state index in [4.69, 9.17) is 5.26 Å². The molecule has 0 saturated carbocycles. The molecule has 0 spiro atoms. The van der Waals surface area contributed by atoms with Crippen molar-refractivity contribution in [3.8, 4) is 17.3 Å². The molecule has 30 heavy (non-hydrogen) atoms. The molecule has 0 atom stereocenters. The molecule has 0 aliphatic rings. The number of carbonyl (C=O) groups excluding carboxylic acids is 1. The van der Waals surface area contributed by atoms with Crippen LogP contribution >= 0.6 is 0 Å². The molecule has 0 fully saturated rings. The van der Waals surface area contributed by atoms with Crippen LogP contribution in [0.15, 0.2) is 48.8 Å². The number of nitriles is 1. The zero-order valence-corrected chi connectivity index (χ0v) is 18.3. The van der Waals surface area contributed by atoms with Crippen LogP contribution in [0.4, 0.5) is 0 Å². The molecule has 0 aliphatic heterocycles. The van der Waals surface area contributed by atoms with Crippen molar-refractivity contribution < 1.29 is 4.79 Å². The van der Waals surface area contributed by atoms with Gasteiger partial charge in [-0.25, -0.2) is 4.98 Å². The van der Waals surface area contributed by atoms with Crippen LogP contribution in [-0.4, -0.2) is 33.3 Å². The Morgan fingerprint density at radius 3 is 2.20 bits per heavy atom. The molecule has 1 aromatic carbocycles. The van der Waals surface area contributed by atoms with Gasteiger partial charge in [0.05, 0.1) is 22.9 Å². The number of hydrogen-bond acceptors (Lipinski definition) is 3. The highest BCUT2D eigenvalue weighted by atomic mass is 16.2. The monoisotopic (exact) mass is 402 g/mol. The highest BCUT2D eigenvalue weighted by Crippen LogP contribution is 2.21. The summed E-state index contributed by atoms with van der Waals surface area (Å²) in [7, 11) is 0. The van der Waals surface area contributed by atoms with E-state index in [1.807, 2.05) is 46.0 Å². The first-order chi connectivity index (χ1) is 14.4. The molecule has 1 amide bonds.